The molecular weight excluding hydrogens is 394 g/mol. The lowest BCUT2D eigenvalue weighted by Crippen LogP contribution is -2.05. The molecule has 2 aromatic carbocycles. The molecule has 2 aromatic heterocycles. The highest BCUT2D eigenvalue weighted by molar-refractivity contribution is 7.78. The van der Waals surface area contributed by atoms with Crippen LogP contribution in [0.3, 0.4) is 0 Å². The quantitative estimate of drug-likeness (QED) is 0.348. The van der Waals surface area contributed by atoms with Crippen LogP contribution < -0.4 is 0 Å². The van der Waals surface area contributed by atoms with Crippen LogP contribution in [-0.2, 0) is 19.4 Å². The zero-order valence-corrected chi connectivity index (χ0v) is 17.4. The van der Waals surface area contributed by atoms with E-state index < -0.39 is 0 Å². The summed E-state index contributed by atoms with van der Waals surface area (Å²) in [5, 5.41) is 20.5. The van der Waals surface area contributed by atoms with Crippen molar-refractivity contribution in [2.24, 2.45) is 0 Å². The van der Waals surface area contributed by atoms with Crippen molar-refractivity contribution in [3.63, 3.8) is 0 Å². The number of aromatic amines is 1. The number of H-pyrrole nitrogens is 1. The number of nitrogens with one attached hydrogen (secondary N) is 1. The van der Waals surface area contributed by atoms with E-state index in [1.165, 1.54) is 5.56 Å². The molecular formula is C22H21N7S. The highest BCUT2D eigenvalue weighted by atomic mass is 32.1. The summed E-state index contributed by atoms with van der Waals surface area (Å²) in [5.41, 5.74) is 4.30. The van der Waals surface area contributed by atoms with E-state index in [4.69, 9.17) is 12.2 Å². The van der Waals surface area contributed by atoms with Crippen LogP contribution in [0.5, 0.6) is 0 Å². The number of aromatic nitrogens is 7. The molecule has 150 valence electrons. The molecule has 30 heavy (non-hydrogen) atoms. The van der Waals surface area contributed by atoms with Gasteiger partial charge < -0.3 is 0 Å². The molecule has 0 atom stereocenters. The minimum absolute atomic E-state index is 0.595. The maximum Gasteiger partial charge on any atom is 0.180 e. The summed E-state index contributed by atoms with van der Waals surface area (Å²) < 4.78 is 1.94. The van der Waals surface area contributed by atoms with Crippen molar-refractivity contribution in [2.45, 2.75) is 26.3 Å². The van der Waals surface area contributed by atoms with Gasteiger partial charge in [-0.05, 0) is 39.4 Å². The molecule has 2 heterocycles. The van der Waals surface area contributed by atoms with Crippen molar-refractivity contribution in [3.05, 3.63) is 77.9 Å². The number of thiocarbonyl (C=S) groups is 1. The molecule has 0 spiro atoms. The van der Waals surface area contributed by atoms with Crippen molar-refractivity contribution in [2.75, 3.05) is 0 Å². The maximum absolute atomic E-state index is 4.96. The van der Waals surface area contributed by atoms with Gasteiger partial charge in [-0.3, -0.25) is 0 Å². The second-order valence-electron chi connectivity index (χ2n) is 6.74. The molecule has 0 aliphatic rings. The van der Waals surface area contributed by atoms with Gasteiger partial charge >= 0.3 is 0 Å². The average Bonchev–Trinajstić information content (AvgIpc) is 3.44. The largest absolute Gasteiger partial charge is 0.246 e. The van der Waals surface area contributed by atoms with Crippen LogP contribution in [0.4, 0.5) is 0 Å². The Kier molecular flexibility index (Phi) is 6.14. The van der Waals surface area contributed by atoms with E-state index in [0.717, 1.165) is 28.3 Å². The van der Waals surface area contributed by atoms with E-state index in [-0.39, 0.29) is 0 Å². The SMILES string of the molecule is CC=CCn1nc(CC=S)nc1Cc1ccc(-c2ccccc2-c2nnn[nH]2)cc1. The van der Waals surface area contributed by atoms with Crippen LogP contribution in [0.2, 0.25) is 0 Å². The van der Waals surface area contributed by atoms with E-state index in [1.54, 1.807) is 5.37 Å². The summed E-state index contributed by atoms with van der Waals surface area (Å²) in [6, 6.07) is 16.5. The van der Waals surface area contributed by atoms with Crippen LogP contribution in [-0.4, -0.2) is 40.8 Å². The van der Waals surface area contributed by atoms with Crippen LogP contribution >= 0.6 is 12.2 Å². The fraction of sp³-hybridized carbons (Fsp3) is 0.182. The van der Waals surface area contributed by atoms with Gasteiger partial charge in [0.2, 0.25) is 0 Å². The predicted molar refractivity (Wildman–Crippen MR) is 120 cm³/mol. The van der Waals surface area contributed by atoms with Gasteiger partial charge in [0.15, 0.2) is 11.6 Å². The summed E-state index contributed by atoms with van der Waals surface area (Å²) in [7, 11) is 0. The first-order valence-corrected chi connectivity index (χ1v) is 10.2. The van der Waals surface area contributed by atoms with Crippen molar-refractivity contribution >= 4 is 17.6 Å². The van der Waals surface area contributed by atoms with Gasteiger partial charge in [0.05, 0.1) is 6.54 Å². The average molecular weight is 416 g/mol. The Morgan fingerprint density at radius 3 is 2.57 bits per heavy atom. The first-order valence-electron chi connectivity index (χ1n) is 9.68. The van der Waals surface area contributed by atoms with Crippen LogP contribution in [0.25, 0.3) is 22.5 Å². The van der Waals surface area contributed by atoms with Gasteiger partial charge in [0.1, 0.15) is 5.82 Å². The second kappa shape index (κ2) is 9.32. The molecule has 8 heteroatoms. The molecule has 0 radical (unpaired) electrons. The molecule has 7 nitrogen and oxygen atoms in total. The standard InChI is InChI=1S/C22H21N7S/c1-2-3-13-29-21(23-20(26-29)12-14-30)15-16-8-10-17(11-9-16)18-6-4-5-7-19(18)22-24-27-28-25-22/h2-11,14H,12-13,15H2,1H3,(H,24,25,27,28). The highest BCUT2D eigenvalue weighted by Crippen LogP contribution is 2.29. The van der Waals surface area contributed by atoms with Crippen LogP contribution in [0.1, 0.15) is 24.1 Å². The van der Waals surface area contributed by atoms with Crippen molar-refractivity contribution in [1.29, 1.82) is 0 Å². The molecule has 0 amide bonds. The second-order valence-corrected chi connectivity index (χ2v) is 7.07. The molecule has 0 aliphatic carbocycles. The topological polar surface area (TPSA) is 85.2 Å². The van der Waals surface area contributed by atoms with Crippen molar-refractivity contribution in [1.82, 2.24) is 35.4 Å². The lowest BCUT2D eigenvalue weighted by Gasteiger charge is -2.08. The molecule has 0 saturated carbocycles. The monoisotopic (exact) mass is 415 g/mol. The van der Waals surface area contributed by atoms with Crippen LogP contribution in [0, 0.1) is 0 Å². The number of tetrazole rings is 1. The first kappa shape index (κ1) is 19.8. The fourth-order valence-corrected chi connectivity index (χ4v) is 3.42. The van der Waals surface area contributed by atoms with Crippen LogP contribution in [0.15, 0.2) is 60.7 Å². The van der Waals surface area contributed by atoms with Crippen molar-refractivity contribution < 1.29 is 0 Å². The van der Waals surface area contributed by atoms with E-state index in [9.17, 15) is 0 Å². The molecule has 0 bridgehead atoms. The van der Waals surface area contributed by atoms with Gasteiger partial charge in [0.25, 0.3) is 0 Å². The number of rotatable bonds is 8. The normalized spacial score (nSPS) is 11.2. The smallest absolute Gasteiger partial charge is 0.180 e. The Labute approximate surface area is 179 Å². The zero-order chi connectivity index (χ0) is 20.8. The van der Waals surface area contributed by atoms with E-state index in [0.29, 0.717) is 25.2 Å². The summed E-state index contributed by atoms with van der Waals surface area (Å²) in [6.07, 6.45) is 5.38. The van der Waals surface area contributed by atoms with Gasteiger partial charge in [-0.1, -0.05) is 72.9 Å². The summed E-state index contributed by atoms with van der Waals surface area (Å²) in [6.45, 7) is 2.70. The summed E-state index contributed by atoms with van der Waals surface area (Å²) in [4.78, 5) is 4.67. The number of allylic oxidation sites excluding steroid dienone is 2. The Morgan fingerprint density at radius 1 is 1.07 bits per heavy atom. The number of nitrogens with zero attached hydrogens (tertiary/aromatic N) is 6. The molecule has 4 rings (SSSR count). The Morgan fingerprint density at radius 2 is 1.87 bits per heavy atom. The molecule has 4 aromatic rings. The predicted octanol–water partition coefficient (Wildman–Crippen LogP) is 3.83. The van der Waals surface area contributed by atoms with E-state index in [1.807, 2.05) is 35.9 Å². The summed E-state index contributed by atoms with van der Waals surface area (Å²) in [5.74, 6) is 2.34. The van der Waals surface area contributed by atoms with Gasteiger partial charge in [0, 0.05) is 18.4 Å². The lowest BCUT2D eigenvalue weighted by molar-refractivity contribution is 0.655. The van der Waals surface area contributed by atoms with E-state index >= 15 is 0 Å². The molecule has 0 saturated heterocycles. The van der Waals surface area contributed by atoms with Gasteiger partial charge in [-0.2, -0.15) is 5.10 Å². The number of benzene rings is 2. The summed E-state index contributed by atoms with van der Waals surface area (Å²) >= 11 is 4.96. The molecule has 1 N–H and O–H groups in total. The Bertz CT molecular complexity index is 1140. The molecule has 0 fully saturated rings. The van der Waals surface area contributed by atoms with E-state index in [2.05, 4.69) is 67.1 Å². The van der Waals surface area contributed by atoms with Crippen molar-refractivity contribution in [3.8, 4) is 22.5 Å². The Hall–Kier alpha value is -3.52. The maximum atomic E-state index is 4.96. The highest BCUT2D eigenvalue weighted by Gasteiger charge is 2.12. The van der Waals surface area contributed by atoms with Gasteiger partial charge in [-0.25, -0.2) is 14.8 Å². The first-order chi connectivity index (χ1) is 14.8. The third-order valence-electron chi connectivity index (χ3n) is 4.73. The Balaban J connectivity index is 1.59. The minimum atomic E-state index is 0.595. The zero-order valence-electron chi connectivity index (χ0n) is 16.6. The minimum Gasteiger partial charge on any atom is -0.246 e. The fourth-order valence-electron chi connectivity index (χ4n) is 3.27. The number of hydrogen-bond acceptors (Lipinski definition) is 6. The van der Waals surface area contributed by atoms with Gasteiger partial charge in [-0.15, -0.1) is 5.10 Å². The molecule has 0 aliphatic heterocycles. The lowest BCUT2D eigenvalue weighted by atomic mass is 9.98. The number of hydrogen-bond donors (Lipinski definition) is 1. The molecule has 0 unspecified atom stereocenters. The third kappa shape index (κ3) is 4.38. The third-order valence-corrected chi connectivity index (χ3v) is 4.89.